The lowest BCUT2D eigenvalue weighted by Gasteiger charge is -2.17. The minimum Gasteiger partial charge on any atom is -0.341 e. The minimum atomic E-state index is 0.0756. The molecule has 1 heterocycles. The maximum Gasteiger partial charge on any atom is 0.233 e. The molecule has 0 aliphatic heterocycles. The second-order valence-electron chi connectivity index (χ2n) is 6.44. The third-order valence-electron chi connectivity index (χ3n) is 4.32. The number of thioether (sulfide) groups is 1. The van der Waals surface area contributed by atoms with E-state index >= 15 is 0 Å². The van der Waals surface area contributed by atoms with Crippen molar-refractivity contribution in [3.8, 4) is 11.4 Å². The highest BCUT2D eigenvalue weighted by Crippen LogP contribution is 2.24. The number of carbonyl (C=O) groups is 1. The van der Waals surface area contributed by atoms with Crippen LogP contribution in [0.2, 0.25) is 0 Å². The number of nitrogens with zero attached hydrogens (tertiary/aromatic N) is 4. The molecule has 0 fully saturated rings. The molecule has 1 aromatic heterocycles. The molecule has 0 bridgehead atoms. The summed E-state index contributed by atoms with van der Waals surface area (Å²) in [7, 11) is 1.83. The maximum atomic E-state index is 12.5. The summed E-state index contributed by atoms with van der Waals surface area (Å²) in [5.41, 5.74) is 3.35. The molecular formula is C21H24N4OS. The van der Waals surface area contributed by atoms with E-state index in [1.165, 1.54) is 17.3 Å². The van der Waals surface area contributed by atoms with Gasteiger partial charge < -0.3 is 9.47 Å². The van der Waals surface area contributed by atoms with Crippen LogP contribution in [0.15, 0.2) is 59.8 Å². The fourth-order valence-corrected chi connectivity index (χ4v) is 3.80. The molecule has 0 saturated heterocycles. The highest BCUT2D eigenvalue weighted by molar-refractivity contribution is 7.99. The van der Waals surface area contributed by atoms with Crippen LogP contribution in [-0.4, -0.2) is 38.4 Å². The Balaban J connectivity index is 1.66. The summed E-state index contributed by atoms with van der Waals surface area (Å²) in [5.74, 6) is 1.26. The smallest absolute Gasteiger partial charge is 0.233 e. The number of aryl methyl sites for hydroxylation is 1. The van der Waals surface area contributed by atoms with Gasteiger partial charge in [0.2, 0.25) is 5.91 Å². The molecule has 0 radical (unpaired) electrons. The number of benzene rings is 2. The summed E-state index contributed by atoms with van der Waals surface area (Å²) in [5, 5.41) is 9.44. The first kappa shape index (κ1) is 19.2. The normalized spacial score (nSPS) is 10.8. The quantitative estimate of drug-likeness (QED) is 0.581. The van der Waals surface area contributed by atoms with Crippen LogP contribution in [0.25, 0.3) is 11.4 Å². The first-order valence-electron chi connectivity index (χ1n) is 8.99. The molecular weight excluding hydrogens is 356 g/mol. The number of hydrogen-bond donors (Lipinski definition) is 0. The third-order valence-corrected chi connectivity index (χ3v) is 5.27. The van der Waals surface area contributed by atoms with Crippen molar-refractivity contribution in [3.63, 3.8) is 0 Å². The van der Waals surface area contributed by atoms with Crippen LogP contribution in [0.3, 0.4) is 0 Å². The molecule has 0 aliphatic rings. The van der Waals surface area contributed by atoms with Gasteiger partial charge in [-0.2, -0.15) is 0 Å². The highest BCUT2D eigenvalue weighted by atomic mass is 32.2. The van der Waals surface area contributed by atoms with Crippen LogP contribution in [0.1, 0.15) is 18.1 Å². The van der Waals surface area contributed by atoms with E-state index in [1.807, 2.05) is 49.5 Å². The average Bonchev–Trinajstić information content (AvgIpc) is 3.09. The monoisotopic (exact) mass is 380 g/mol. The maximum absolute atomic E-state index is 12.5. The molecule has 6 heteroatoms. The van der Waals surface area contributed by atoms with E-state index in [0.717, 1.165) is 28.7 Å². The number of rotatable bonds is 7. The van der Waals surface area contributed by atoms with E-state index in [1.54, 1.807) is 4.90 Å². The molecule has 27 heavy (non-hydrogen) atoms. The summed E-state index contributed by atoms with van der Waals surface area (Å²) in [4.78, 5) is 14.2. The fraction of sp³-hybridized carbons (Fsp3) is 0.286. The average molecular weight is 381 g/mol. The van der Waals surface area contributed by atoms with Crippen LogP contribution in [0.5, 0.6) is 0 Å². The highest BCUT2D eigenvalue weighted by Gasteiger charge is 2.16. The van der Waals surface area contributed by atoms with E-state index in [4.69, 9.17) is 0 Å². The summed E-state index contributed by atoms with van der Waals surface area (Å²) in [6.45, 7) is 5.49. The summed E-state index contributed by atoms with van der Waals surface area (Å²) in [6, 6.07) is 18.2. The zero-order valence-corrected chi connectivity index (χ0v) is 16.7. The van der Waals surface area contributed by atoms with Gasteiger partial charge >= 0.3 is 0 Å². The molecule has 3 aromatic rings. The van der Waals surface area contributed by atoms with Gasteiger partial charge in [0, 0.05) is 25.7 Å². The van der Waals surface area contributed by atoms with Gasteiger partial charge in [-0.1, -0.05) is 65.9 Å². The molecule has 0 unspecified atom stereocenters. The Hall–Kier alpha value is -2.60. The van der Waals surface area contributed by atoms with Gasteiger partial charge in [0.1, 0.15) is 0 Å². The second-order valence-corrected chi connectivity index (χ2v) is 7.39. The van der Waals surface area contributed by atoms with Crippen LogP contribution in [0, 0.1) is 6.92 Å². The zero-order valence-electron chi connectivity index (χ0n) is 15.9. The fourth-order valence-electron chi connectivity index (χ4n) is 2.86. The van der Waals surface area contributed by atoms with Crippen LogP contribution < -0.4 is 0 Å². The first-order valence-corrected chi connectivity index (χ1v) is 9.98. The van der Waals surface area contributed by atoms with Gasteiger partial charge in [-0.3, -0.25) is 4.79 Å². The van der Waals surface area contributed by atoms with Gasteiger partial charge in [0.05, 0.1) is 5.75 Å². The minimum absolute atomic E-state index is 0.0756. The van der Waals surface area contributed by atoms with E-state index < -0.39 is 0 Å². The van der Waals surface area contributed by atoms with Crippen molar-refractivity contribution >= 4 is 17.7 Å². The van der Waals surface area contributed by atoms with Crippen molar-refractivity contribution in [2.45, 2.75) is 32.1 Å². The Morgan fingerprint density at radius 3 is 2.59 bits per heavy atom. The summed E-state index contributed by atoms with van der Waals surface area (Å²) < 4.78 is 2.06. The van der Waals surface area contributed by atoms with E-state index in [0.29, 0.717) is 12.3 Å². The SMILES string of the molecule is CCn1c(SCC(=O)N(C)Cc2ccccc2)nnc1-c1cccc(C)c1. The van der Waals surface area contributed by atoms with E-state index in [2.05, 4.69) is 40.7 Å². The summed E-state index contributed by atoms with van der Waals surface area (Å²) >= 11 is 1.44. The Morgan fingerprint density at radius 2 is 1.89 bits per heavy atom. The van der Waals surface area contributed by atoms with E-state index in [9.17, 15) is 4.79 Å². The molecule has 3 rings (SSSR count). The third kappa shape index (κ3) is 4.77. The molecule has 2 aromatic carbocycles. The van der Waals surface area contributed by atoms with Gasteiger partial charge in [0.25, 0.3) is 0 Å². The number of carbonyl (C=O) groups excluding carboxylic acids is 1. The standard InChI is InChI=1S/C21H24N4OS/c1-4-25-20(18-12-8-9-16(2)13-18)22-23-21(25)27-15-19(26)24(3)14-17-10-6-5-7-11-17/h5-13H,4,14-15H2,1-3H3. The van der Waals surface area contributed by atoms with Crippen molar-refractivity contribution in [3.05, 3.63) is 65.7 Å². The first-order chi connectivity index (χ1) is 13.1. The Kier molecular flexibility index (Phi) is 6.29. The largest absolute Gasteiger partial charge is 0.341 e. The second kappa shape index (κ2) is 8.86. The Bertz CT molecular complexity index is 908. The molecule has 140 valence electrons. The molecule has 5 nitrogen and oxygen atoms in total. The van der Waals surface area contributed by atoms with Crippen molar-refractivity contribution in [2.75, 3.05) is 12.8 Å². The van der Waals surface area contributed by atoms with Crippen LogP contribution in [0.4, 0.5) is 0 Å². The van der Waals surface area contributed by atoms with Gasteiger partial charge in [-0.15, -0.1) is 10.2 Å². The topological polar surface area (TPSA) is 51.0 Å². The van der Waals surface area contributed by atoms with Crippen molar-refractivity contribution in [1.29, 1.82) is 0 Å². The predicted octanol–water partition coefficient (Wildman–Crippen LogP) is 4.02. The molecule has 0 spiro atoms. The lowest BCUT2D eigenvalue weighted by atomic mass is 10.1. The molecule has 1 amide bonds. The van der Waals surface area contributed by atoms with Crippen molar-refractivity contribution in [2.24, 2.45) is 0 Å². The lowest BCUT2D eigenvalue weighted by molar-refractivity contribution is -0.127. The molecule has 0 aliphatic carbocycles. The van der Waals surface area contributed by atoms with Crippen molar-refractivity contribution in [1.82, 2.24) is 19.7 Å². The van der Waals surface area contributed by atoms with Crippen molar-refractivity contribution < 1.29 is 4.79 Å². The van der Waals surface area contributed by atoms with E-state index in [-0.39, 0.29) is 5.91 Å². The molecule has 0 saturated carbocycles. The summed E-state index contributed by atoms with van der Waals surface area (Å²) in [6.07, 6.45) is 0. The zero-order chi connectivity index (χ0) is 19.2. The van der Waals surface area contributed by atoms with Gasteiger partial charge in [-0.25, -0.2) is 0 Å². The molecule has 0 N–H and O–H groups in total. The van der Waals surface area contributed by atoms with Crippen LogP contribution in [-0.2, 0) is 17.9 Å². The van der Waals surface area contributed by atoms with Crippen LogP contribution >= 0.6 is 11.8 Å². The Labute approximate surface area is 164 Å². The lowest BCUT2D eigenvalue weighted by Crippen LogP contribution is -2.27. The molecule has 0 atom stereocenters. The number of hydrogen-bond acceptors (Lipinski definition) is 4. The number of aromatic nitrogens is 3. The van der Waals surface area contributed by atoms with Gasteiger partial charge in [-0.05, 0) is 25.5 Å². The predicted molar refractivity (Wildman–Crippen MR) is 110 cm³/mol. The van der Waals surface area contributed by atoms with Gasteiger partial charge in [0.15, 0.2) is 11.0 Å². The Morgan fingerprint density at radius 1 is 1.11 bits per heavy atom. The number of amides is 1.